The van der Waals surface area contributed by atoms with Crippen LogP contribution in [0.5, 0.6) is 5.75 Å². The van der Waals surface area contributed by atoms with Crippen LogP contribution in [0.25, 0.3) is 11.1 Å². The minimum absolute atomic E-state index is 0. The van der Waals surface area contributed by atoms with Crippen molar-refractivity contribution in [2.24, 2.45) is 0 Å². The summed E-state index contributed by atoms with van der Waals surface area (Å²) in [5.41, 5.74) is 6.69. The number of benzene rings is 2. The molecule has 0 aliphatic carbocycles. The van der Waals surface area contributed by atoms with Crippen LogP contribution in [-0.2, 0) is 0 Å². The Bertz CT molecular complexity index is 736. The van der Waals surface area contributed by atoms with E-state index in [9.17, 15) is 0 Å². The fourth-order valence-electron chi connectivity index (χ4n) is 4.04. The van der Waals surface area contributed by atoms with Crippen LogP contribution in [0.1, 0.15) is 29.9 Å². The lowest BCUT2D eigenvalue weighted by Gasteiger charge is -2.16. The molecule has 1 fully saturated rings. The first-order valence-electron chi connectivity index (χ1n) is 8.52. The minimum atomic E-state index is 0. The Labute approximate surface area is 162 Å². The van der Waals surface area contributed by atoms with E-state index in [0.29, 0.717) is 12.0 Å². The van der Waals surface area contributed by atoms with Crippen LogP contribution in [0.4, 0.5) is 5.69 Å². The number of nitrogens with one attached hydrogen (secondary N) is 2. The van der Waals surface area contributed by atoms with Crippen molar-refractivity contribution in [2.75, 3.05) is 25.5 Å². The topological polar surface area (TPSA) is 33.3 Å². The molecule has 0 bridgehead atoms. The molecule has 2 heterocycles. The molecule has 2 aromatic rings. The van der Waals surface area contributed by atoms with Crippen LogP contribution in [-0.4, -0.2) is 26.2 Å². The summed E-state index contributed by atoms with van der Waals surface area (Å²) >= 11 is 0. The van der Waals surface area contributed by atoms with Gasteiger partial charge in [-0.3, -0.25) is 0 Å². The normalized spacial score (nSPS) is 20.9. The summed E-state index contributed by atoms with van der Waals surface area (Å²) in [4.78, 5) is 0. The molecule has 3 nitrogen and oxygen atoms in total. The van der Waals surface area contributed by atoms with Gasteiger partial charge in [-0.05, 0) is 79.4 Å². The SMILES string of the molecule is COc1ccc(-c2ccc3c(c2)C2CCNCCC2N3)c(C)c1.Cl.Cl. The van der Waals surface area contributed by atoms with Crippen LogP contribution in [0.3, 0.4) is 0 Å². The second-order valence-electron chi connectivity index (χ2n) is 6.67. The second kappa shape index (κ2) is 8.31. The number of hydrogen-bond acceptors (Lipinski definition) is 3. The van der Waals surface area contributed by atoms with Crippen molar-refractivity contribution in [1.29, 1.82) is 0 Å². The summed E-state index contributed by atoms with van der Waals surface area (Å²) in [6.45, 7) is 4.39. The average molecular weight is 381 g/mol. The molecule has 2 N–H and O–H groups in total. The van der Waals surface area contributed by atoms with Gasteiger partial charge >= 0.3 is 0 Å². The number of ether oxygens (including phenoxy) is 1. The molecule has 136 valence electrons. The summed E-state index contributed by atoms with van der Waals surface area (Å²) in [6.07, 6.45) is 2.42. The van der Waals surface area contributed by atoms with E-state index >= 15 is 0 Å². The van der Waals surface area contributed by atoms with Crippen molar-refractivity contribution in [3.8, 4) is 16.9 Å². The fraction of sp³-hybridized carbons (Fsp3) is 0.400. The Morgan fingerprint density at radius 3 is 2.56 bits per heavy atom. The monoisotopic (exact) mass is 380 g/mol. The van der Waals surface area contributed by atoms with Crippen molar-refractivity contribution >= 4 is 30.5 Å². The number of rotatable bonds is 2. The highest BCUT2D eigenvalue weighted by molar-refractivity contribution is 5.85. The maximum atomic E-state index is 5.33. The molecule has 0 spiro atoms. The van der Waals surface area contributed by atoms with E-state index in [4.69, 9.17) is 4.74 Å². The van der Waals surface area contributed by atoms with Gasteiger partial charge in [0.25, 0.3) is 0 Å². The summed E-state index contributed by atoms with van der Waals surface area (Å²) in [6, 6.07) is 13.8. The Morgan fingerprint density at radius 1 is 1.00 bits per heavy atom. The van der Waals surface area contributed by atoms with E-state index < -0.39 is 0 Å². The first-order chi connectivity index (χ1) is 11.3. The average Bonchev–Trinajstić information content (AvgIpc) is 2.75. The molecule has 5 heteroatoms. The van der Waals surface area contributed by atoms with Gasteiger partial charge in [-0.25, -0.2) is 0 Å². The highest BCUT2D eigenvalue weighted by atomic mass is 35.5. The van der Waals surface area contributed by atoms with Crippen LogP contribution in [0, 0.1) is 6.92 Å². The Balaban J connectivity index is 0.00000113. The van der Waals surface area contributed by atoms with Crippen LogP contribution >= 0.6 is 24.8 Å². The second-order valence-corrected chi connectivity index (χ2v) is 6.67. The number of aryl methyl sites for hydroxylation is 1. The Morgan fingerprint density at radius 2 is 1.80 bits per heavy atom. The van der Waals surface area contributed by atoms with Gasteiger partial charge in [0.1, 0.15) is 5.75 Å². The third-order valence-electron chi connectivity index (χ3n) is 5.29. The molecule has 2 unspecified atom stereocenters. The quantitative estimate of drug-likeness (QED) is 0.786. The first kappa shape index (κ1) is 19.9. The van der Waals surface area contributed by atoms with Gasteiger partial charge in [0.15, 0.2) is 0 Å². The predicted octanol–water partition coefficient (Wildman–Crippen LogP) is 4.78. The molecule has 2 aliphatic rings. The van der Waals surface area contributed by atoms with Gasteiger partial charge in [-0.1, -0.05) is 12.1 Å². The van der Waals surface area contributed by atoms with Crippen LogP contribution in [0.2, 0.25) is 0 Å². The highest BCUT2D eigenvalue weighted by Gasteiger charge is 2.32. The largest absolute Gasteiger partial charge is 0.497 e. The zero-order chi connectivity index (χ0) is 15.8. The van der Waals surface area contributed by atoms with Gasteiger partial charge < -0.3 is 15.4 Å². The third kappa shape index (κ3) is 3.74. The number of hydrogen-bond donors (Lipinski definition) is 2. The van der Waals surface area contributed by atoms with Crippen molar-refractivity contribution in [1.82, 2.24) is 5.32 Å². The van der Waals surface area contributed by atoms with Crippen LogP contribution in [0.15, 0.2) is 36.4 Å². The van der Waals surface area contributed by atoms with Gasteiger partial charge in [0.2, 0.25) is 0 Å². The maximum absolute atomic E-state index is 5.33. The van der Waals surface area contributed by atoms with Crippen molar-refractivity contribution < 1.29 is 4.74 Å². The number of fused-ring (bicyclic) bond motifs is 3. The van der Waals surface area contributed by atoms with Crippen molar-refractivity contribution in [3.63, 3.8) is 0 Å². The van der Waals surface area contributed by atoms with Gasteiger partial charge in [-0.2, -0.15) is 0 Å². The zero-order valence-corrected chi connectivity index (χ0v) is 16.3. The van der Waals surface area contributed by atoms with Crippen molar-refractivity contribution in [2.45, 2.75) is 31.7 Å². The number of halogens is 2. The molecule has 0 radical (unpaired) electrons. The molecule has 0 saturated carbocycles. The number of methoxy groups -OCH3 is 1. The lowest BCUT2D eigenvalue weighted by atomic mass is 9.89. The van der Waals surface area contributed by atoms with E-state index in [1.54, 1.807) is 7.11 Å². The summed E-state index contributed by atoms with van der Waals surface area (Å²) in [7, 11) is 1.72. The lowest BCUT2D eigenvalue weighted by Crippen LogP contribution is -2.21. The van der Waals surface area contributed by atoms with Crippen LogP contribution < -0.4 is 15.4 Å². The smallest absolute Gasteiger partial charge is 0.119 e. The number of anilines is 1. The molecular weight excluding hydrogens is 355 g/mol. The Kier molecular flexibility index (Phi) is 6.61. The molecular formula is C20H26Cl2N2O. The molecule has 2 aliphatic heterocycles. The van der Waals surface area contributed by atoms with E-state index in [-0.39, 0.29) is 24.8 Å². The van der Waals surface area contributed by atoms with Gasteiger partial charge in [-0.15, -0.1) is 24.8 Å². The molecule has 0 amide bonds. The zero-order valence-electron chi connectivity index (χ0n) is 14.7. The van der Waals surface area contributed by atoms with Gasteiger partial charge in [0, 0.05) is 17.6 Å². The fourth-order valence-corrected chi connectivity index (χ4v) is 4.04. The predicted molar refractivity (Wildman–Crippen MR) is 110 cm³/mol. The standard InChI is InChI=1S/C20H24N2O.2ClH/c1-13-11-15(23-2)4-5-16(13)14-3-6-19-18(12-14)17-7-9-21-10-8-20(17)22-19;;/h3-6,11-12,17,20-22H,7-10H2,1-2H3;2*1H. The minimum Gasteiger partial charge on any atom is -0.497 e. The molecule has 0 aromatic heterocycles. The van der Waals surface area contributed by atoms with Gasteiger partial charge in [0.05, 0.1) is 7.11 Å². The Hall–Kier alpha value is -1.42. The molecule has 2 atom stereocenters. The molecule has 4 rings (SSSR count). The van der Waals surface area contributed by atoms with E-state index in [1.165, 1.54) is 40.8 Å². The lowest BCUT2D eigenvalue weighted by molar-refractivity contribution is 0.414. The summed E-state index contributed by atoms with van der Waals surface area (Å²) < 4.78 is 5.33. The van der Waals surface area contributed by atoms with E-state index in [1.807, 2.05) is 6.07 Å². The van der Waals surface area contributed by atoms with E-state index in [2.05, 4.69) is 47.9 Å². The van der Waals surface area contributed by atoms with Crippen molar-refractivity contribution in [3.05, 3.63) is 47.5 Å². The summed E-state index contributed by atoms with van der Waals surface area (Å²) in [5, 5.41) is 7.25. The molecule has 25 heavy (non-hydrogen) atoms. The first-order valence-corrected chi connectivity index (χ1v) is 8.52. The third-order valence-corrected chi connectivity index (χ3v) is 5.29. The maximum Gasteiger partial charge on any atom is 0.119 e. The summed E-state index contributed by atoms with van der Waals surface area (Å²) in [5.74, 6) is 1.56. The van der Waals surface area contributed by atoms with E-state index in [0.717, 1.165) is 18.8 Å². The molecule has 1 saturated heterocycles. The highest BCUT2D eigenvalue weighted by Crippen LogP contribution is 2.42. The molecule has 2 aromatic carbocycles.